The molecule has 0 saturated carbocycles. The van der Waals surface area contributed by atoms with Gasteiger partial charge in [0.15, 0.2) is 0 Å². The Bertz CT molecular complexity index is 3670. The summed E-state index contributed by atoms with van der Waals surface area (Å²) in [6.45, 7) is 4.42. The molecule has 346 valence electrons. The van der Waals surface area contributed by atoms with Crippen molar-refractivity contribution in [2.24, 2.45) is 0 Å². The lowest BCUT2D eigenvalue weighted by molar-refractivity contribution is 0.414. The summed E-state index contributed by atoms with van der Waals surface area (Å²) in [7, 11) is 3.45. The van der Waals surface area contributed by atoms with Crippen molar-refractivity contribution in [1.82, 2.24) is 0 Å². The molecule has 4 nitrogen and oxygen atoms in total. The molecule has 0 amide bonds. The van der Waals surface area contributed by atoms with Crippen LogP contribution in [-0.4, -0.2) is 14.2 Å². The fourth-order valence-corrected chi connectivity index (χ4v) is 11.7. The molecule has 0 unspecified atom stereocenters. The summed E-state index contributed by atoms with van der Waals surface area (Å²) in [5.41, 5.74) is 14.1. The lowest BCUT2D eigenvalue weighted by atomic mass is 9.87. The summed E-state index contributed by atoms with van der Waals surface area (Å²) >= 11 is 0. The number of hydrogen-bond donors (Lipinski definition) is 0. The van der Waals surface area contributed by atoms with Crippen LogP contribution in [-0.2, 0) is 12.8 Å². The van der Waals surface area contributed by atoms with E-state index in [1.807, 2.05) is 0 Å². The summed E-state index contributed by atoms with van der Waals surface area (Å²) in [5.74, 6) is 1.66. The van der Waals surface area contributed by atoms with E-state index < -0.39 is 0 Å². The number of nitrogens with zero attached hydrogens (tertiary/aromatic N) is 2. The first kappa shape index (κ1) is 43.2. The van der Waals surface area contributed by atoms with Gasteiger partial charge < -0.3 is 19.3 Å². The molecule has 0 atom stereocenters. The summed E-state index contributed by atoms with van der Waals surface area (Å²) < 4.78 is 11.3. The molecule has 4 heteroatoms. The molecule has 0 aliphatic carbocycles. The molecule has 13 rings (SSSR count). The zero-order valence-electron chi connectivity index (χ0n) is 40.9. The van der Waals surface area contributed by atoms with E-state index >= 15 is 0 Å². The maximum atomic E-state index is 5.65. The Labute approximate surface area is 420 Å². The molecule has 0 aromatic heterocycles. The lowest BCUT2D eigenvalue weighted by Gasteiger charge is -2.27. The van der Waals surface area contributed by atoms with E-state index in [1.54, 1.807) is 14.2 Å². The minimum absolute atomic E-state index is 0.829. The zero-order chi connectivity index (χ0) is 48.5. The van der Waals surface area contributed by atoms with Gasteiger partial charge in [0.1, 0.15) is 11.5 Å². The van der Waals surface area contributed by atoms with Crippen molar-refractivity contribution in [3.63, 3.8) is 0 Å². The second kappa shape index (κ2) is 17.5. The van der Waals surface area contributed by atoms with Gasteiger partial charge in [0, 0.05) is 33.5 Å². The van der Waals surface area contributed by atoms with Gasteiger partial charge in [-0.05, 0) is 185 Å². The summed E-state index contributed by atoms with van der Waals surface area (Å²) in [4.78, 5) is 4.81. The van der Waals surface area contributed by atoms with Crippen molar-refractivity contribution in [1.29, 1.82) is 0 Å². The van der Waals surface area contributed by atoms with E-state index in [-0.39, 0.29) is 0 Å². The van der Waals surface area contributed by atoms with E-state index in [0.717, 1.165) is 58.5 Å². The van der Waals surface area contributed by atoms with Crippen LogP contribution in [0.4, 0.5) is 34.1 Å². The van der Waals surface area contributed by atoms with Crippen molar-refractivity contribution in [3.05, 3.63) is 230 Å². The first-order chi connectivity index (χ1) is 35.6. The monoisotopic (exact) mass is 928 g/mol. The predicted molar refractivity (Wildman–Crippen MR) is 306 cm³/mol. The van der Waals surface area contributed by atoms with Crippen LogP contribution in [0.3, 0.4) is 0 Å². The number of hydrogen-bond acceptors (Lipinski definition) is 4. The lowest BCUT2D eigenvalue weighted by Crippen LogP contribution is -2.10. The first-order valence-electron chi connectivity index (χ1n) is 25.1. The molecule has 0 fully saturated rings. The van der Waals surface area contributed by atoms with Gasteiger partial charge in [0.25, 0.3) is 0 Å². The van der Waals surface area contributed by atoms with Gasteiger partial charge in [-0.15, -0.1) is 0 Å². The topological polar surface area (TPSA) is 24.9 Å². The normalized spacial score (nSPS) is 11.7. The highest BCUT2D eigenvalue weighted by Gasteiger charge is 2.30. The summed E-state index contributed by atoms with van der Waals surface area (Å²) in [6, 6.07) is 80.5. The first-order valence-corrected chi connectivity index (χ1v) is 25.1. The average molecular weight is 929 g/mol. The van der Waals surface area contributed by atoms with Crippen LogP contribution >= 0.6 is 0 Å². The highest BCUT2D eigenvalue weighted by Crippen LogP contribution is 2.57. The minimum atomic E-state index is 0.829. The quantitative estimate of drug-likeness (QED) is 0.122. The number of benzene rings is 11. The van der Waals surface area contributed by atoms with Crippen LogP contribution in [0.1, 0.15) is 25.0 Å². The molecule has 72 heavy (non-hydrogen) atoms. The van der Waals surface area contributed by atoms with Crippen molar-refractivity contribution in [2.75, 3.05) is 24.0 Å². The molecule has 0 bridgehead atoms. The Balaban J connectivity index is 1.16. The number of fused-ring (bicyclic) bond motifs is 6. The molecule has 0 heterocycles. The van der Waals surface area contributed by atoms with E-state index in [2.05, 4.69) is 242 Å². The zero-order valence-corrected chi connectivity index (χ0v) is 40.9. The van der Waals surface area contributed by atoms with Crippen LogP contribution in [0.25, 0.3) is 86.9 Å². The summed E-state index contributed by atoms with van der Waals surface area (Å²) in [5, 5.41) is 15.1. The van der Waals surface area contributed by atoms with E-state index in [1.165, 1.54) is 98.0 Å². The highest BCUT2D eigenvalue weighted by molar-refractivity contribution is 6.47. The van der Waals surface area contributed by atoms with Gasteiger partial charge in [0.05, 0.1) is 25.6 Å². The molecule has 0 radical (unpaired) electrons. The van der Waals surface area contributed by atoms with Crippen molar-refractivity contribution < 1.29 is 9.47 Å². The molecule has 0 aliphatic heterocycles. The second-order valence-corrected chi connectivity index (χ2v) is 18.8. The number of rotatable bonds is 12. The molecular weight excluding hydrogens is 877 g/mol. The Morgan fingerprint density at radius 1 is 0.292 bits per heavy atom. The van der Waals surface area contributed by atoms with Crippen molar-refractivity contribution >= 4 is 98.8 Å². The molecule has 13 aromatic carbocycles. The van der Waals surface area contributed by atoms with Crippen LogP contribution in [0.15, 0.2) is 218 Å². The highest BCUT2D eigenvalue weighted by atomic mass is 16.5. The van der Waals surface area contributed by atoms with Crippen LogP contribution in [0, 0.1) is 0 Å². The fourth-order valence-electron chi connectivity index (χ4n) is 11.7. The van der Waals surface area contributed by atoms with Gasteiger partial charge in [-0.3, -0.25) is 0 Å². The minimum Gasteiger partial charge on any atom is -0.497 e. The molecular formula is C68H52N2O2. The van der Waals surface area contributed by atoms with Crippen LogP contribution < -0.4 is 19.3 Å². The van der Waals surface area contributed by atoms with Gasteiger partial charge in [-0.1, -0.05) is 147 Å². The third-order valence-corrected chi connectivity index (χ3v) is 15.1. The third-order valence-electron chi connectivity index (χ3n) is 15.1. The second-order valence-electron chi connectivity index (χ2n) is 18.8. The number of anilines is 6. The van der Waals surface area contributed by atoms with Crippen LogP contribution in [0.5, 0.6) is 11.5 Å². The Hall–Kier alpha value is -8.86. The molecule has 0 aliphatic rings. The van der Waals surface area contributed by atoms with Crippen molar-refractivity contribution in [2.45, 2.75) is 26.7 Å². The van der Waals surface area contributed by atoms with Gasteiger partial charge in [0.2, 0.25) is 0 Å². The number of aryl methyl sites for hydroxylation is 2. The van der Waals surface area contributed by atoms with Gasteiger partial charge in [-0.25, -0.2) is 0 Å². The van der Waals surface area contributed by atoms with E-state index in [4.69, 9.17) is 9.47 Å². The van der Waals surface area contributed by atoms with Crippen LogP contribution in [0.2, 0.25) is 0 Å². The average Bonchev–Trinajstić information content (AvgIpc) is 3.96. The largest absolute Gasteiger partial charge is 0.497 e. The van der Waals surface area contributed by atoms with Crippen molar-refractivity contribution in [3.8, 4) is 33.8 Å². The standard InChI is InChI=1S/C68H52N2O2/c1-5-43-23-27-47(28-24-43)69(49-31-35-51(71-3)36-32-49)59-41-39-57-63-53(59)19-13-21-55(63)65-61(45-15-9-7-10-16-45)66-56-22-14-20-54-60(42-40-58(64(54)56)68(66)62(67(57)65)46-17-11-8-12-18-46)70(48-29-25-44(6-2)26-30-48)50-33-37-52(72-4)38-34-50/h7-42H,5-6H2,1-4H3. The smallest absolute Gasteiger partial charge is 0.119 e. The Morgan fingerprint density at radius 3 is 0.944 bits per heavy atom. The number of ether oxygens (including phenoxy) is 2. The van der Waals surface area contributed by atoms with E-state index in [0.29, 0.717) is 0 Å². The molecule has 0 N–H and O–H groups in total. The molecule has 13 aromatic rings. The molecule has 0 spiro atoms. The molecule has 0 saturated heterocycles. The summed E-state index contributed by atoms with van der Waals surface area (Å²) in [6.07, 6.45) is 1.96. The fraction of sp³-hybridized carbons (Fsp3) is 0.0882. The van der Waals surface area contributed by atoms with Gasteiger partial charge in [-0.2, -0.15) is 0 Å². The maximum Gasteiger partial charge on any atom is 0.119 e. The van der Waals surface area contributed by atoms with Gasteiger partial charge >= 0.3 is 0 Å². The third kappa shape index (κ3) is 6.74. The predicted octanol–water partition coefficient (Wildman–Crippen LogP) is 18.9. The Morgan fingerprint density at radius 2 is 0.611 bits per heavy atom. The van der Waals surface area contributed by atoms with E-state index in [9.17, 15) is 0 Å². The Kier molecular flexibility index (Phi) is 10.5. The maximum absolute atomic E-state index is 5.65. The SMILES string of the molecule is CCc1ccc(N(c2ccc(OC)cc2)c2ccc3c4c(-c5ccccc5)c5c6ccc(N(c7ccc(CC)cc7)c7ccc(OC)cc7)c7cccc(c5c(-c5ccccc5)c4c4cccc2c43)c76)cc1. The number of methoxy groups -OCH3 is 2.